The van der Waals surface area contributed by atoms with Crippen molar-refractivity contribution in [1.29, 1.82) is 0 Å². The predicted molar refractivity (Wildman–Crippen MR) is 67.0 cm³/mol. The van der Waals surface area contributed by atoms with Crippen molar-refractivity contribution >= 4 is 0 Å². The van der Waals surface area contributed by atoms with E-state index in [0.717, 1.165) is 24.9 Å². The fourth-order valence-electron chi connectivity index (χ4n) is 1.79. The van der Waals surface area contributed by atoms with Crippen molar-refractivity contribution in [2.24, 2.45) is 5.92 Å². The van der Waals surface area contributed by atoms with Gasteiger partial charge in [-0.15, -0.1) is 0 Å². The molecule has 0 spiro atoms. The molecule has 1 aromatic rings. The van der Waals surface area contributed by atoms with Gasteiger partial charge < -0.3 is 5.32 Å². The number of hydrogen-bond acceptors (Lipinski definition) is 1. The van der Waals surface area contributed by atoms with Gasteiger partial charge >= 0.3 is 0 Å². The van der Waals surface area contributed by atoms with Gasteiger partial charge in [-0.05, 0) is 43.0 Å². The van der Waals surface area contributed by atoms with Crippen LogP contribution >= 0.6 is 0 Å². The molecular weight excluding hydrogens is 201 g/mol. The summed E-state index contributed by atoms with van der Waals surface area (Å²) in [6.45, 7) is 7.59. The van der Waals surface area contributed by atoms with E-state index in [-0.39, 0.29) is 5.82 Å². The summed E-state index contributed by atoms with van der Waals surface area (Å²) in [4.78, 5) is 0. The number of halogens is 1. The summed E-state index contributed by atoms with van der Waals surface area (Å²) in [6.07, 6.45) is 2.03. The van der Waals surface area contributed by atoms with E-state index in [2.05, 4.69) is 26.1 Å². The smallest absolute Gasteiger partial charge is 0.123 e. The first-order valence-corrected chi connectivity index (χ1v) is 6.11. The summed E-state index contributed by atoms with van der Waals surface area (Å²) in [7, 11) is 0. The third kappa shape index (κ3) is 4.31. The van der Waals surface area contributed by atoms with E-state index in [9.17, 15) is 4.39 Å². The topological polar surface area (TPSA) is 12.0 Å². The van der Waals surface area contributed by atoms with Crippen molar-refractivity contribution in [3.05, 3.63) is 35.6 Å². The lowest BCUT2D eigenvalue weighted by atomic mass is 9.96. The number of nitrogens with one attached hydrogen (secondary N) is 1. The van der Waals surface area contributed by atoms with Gasteiger partial charge in [-0.1, -0.05) is 32.9 Å². The van der Waals surface area contributed by atoms with E-state index in [1.807, 2.05) is 6.07 Å². The van der Waals surface area contributed by atoms with E-state index in [1.54, 1.807) is 12.1 Å². The van der Waals surface area contributed by atoms with Crippen molar-refractivity contribution in [1.82, 2.24) is 5.32 Å². The monoisotopic (exact) mass is 223 g/mol. The van der Waals surface area contributed by atoms with Crippen LogP contribution in [-0.4, -0.2) is 12.6 Å². The number of rotatable bonds is 6. The van der Waals surface area contributed by atoms with E-state index >= 15 is 0 Å². The van der Waals surface area contributed by atoms with Crippen LogP contribution in [0, 0.1) is 11.7 Å². The third-order valence-corrected chi connectivity index (χ3v) is 2.81. The SMILES string of the molecule is CCCNC(Cc1cccc(F)c1)C(C)C. The van der Waals surface area contributed by atoms with Crippen LogP contribution in [0.25, 0.3) is 0 Å². The molecule has 0 amide bonds. The van der Waals surface area contributed by atoms with Crippen molar-refractivity contribution < 1.29 is 4.39 Å². The van der Waals surface area contributed by atoms with Gasteiger partial charge in [0.2, 0.25) is 0 Å². The molecule has 0 bridgehead atoms. The van der Waals surface area contributed by atoms with Crippen molar-refractivity contribution in [2.45, 2.75) is 39.7 Å². The van der Waals surface area contributed by atoms with E-state index < -0.39 is 0 Å². The summed E-state index contributed by atoms with van der Waals surface area (Å²) in [5.74, 6) is 0.422. The Morgan fingerprint density at radius 3 is 2.62 bits per heavy atom. The first-order valence-electron chi connectivity index (χ1n) is 6.11. The molecule has 2 heteroatoms. The van der Waals surface area contributed by atoms with Crippen molar-refractivity contribution in [2.75, 3.05) is 6.54 Å². The van der Waals surface area contributed by atoms with Gasteiger partial charge in [0.1, 0.15) is 5.82 Å². The normalized spacial score (nSPS) is 13.1. The minimum atomic E-state index is -0.143. The first-order chi connectivity index (χ1) is 7.63. The predicted octanol–water partition coefficient (Wildman–Crippen LogP) is 3.39. The maximum atomic E-state index is 13.1. The van der Waals surface area contributed by atoms with Crippen LogP contribution in [0.15, 0.2) is 24.3 Å². The fraction of sp³-hybridized carbons (Fsp3) is 0.571. The maximum absolute atomic E-state index is 13.1. The summed E-state index contributed by atoms with van der Waals surface area (Å²) in [5.41, 5.74) is 1.07. The van der Waals surface area contributed by atoms with Crippen LogP contribution < -0.4 is 5.32 Å². The van der Waals surface area contributed by atoms with Crippen LogP contribution in [0.2, 0.25) is 0 Å². The Hall–Kier alpha value is -0.890. The Morgan fingerprint density at radius 1 is 1.31 bits per heavy atom. The number of hydrogen-bond donors (Lipinski definition) is 1. The Balaban J connectivity index is 2.60. The van der Waals surface area contributed by atoms with Gasteiger partial charge in [0.15, 0.2) is 0 Å². The van der Waals surface area contributed by atoms with Crippen molar-refractivity contribution in [3.8, 4) is 0 Å². The third-order valence-electron chi connectivity index (χ3n) is 2.81. The van der Waals surface area contributed by atoms with Gasteiger partial charge in [0.05, 0.1) is 0 Å². The average molecular weight is 223 g/mol. The lowest BCUT2D eigenvalue weighted by molar-refractivity contribution is 0.397. The fourth-order valence-corrected chi connectivity index (χ4v) is 1.79. The maximum Gasteiger partial charge on any atom is 0.123 e. The molecule has 1 nitrogen and oxygen atoms in total. The Labute approximate surface area is 98.1 Å². The van der Waals surface area contributed by atoms with Gasteiger partial charge in [-0.25, -0.2) is 4.39 Å². The highest BCUT2D eigenvalue weighted by atomic mass is 19.1. The summed E-state index contributed by atoms with van der Waals surface area (Å²) in [6, 6.07) is 7.33. The zero-order chi connectivity index (χ0) is 12.0. The lowest BCUT2D eigenvalue weighted by Crippen LogP contribution is -2.36. The minimum absolute atomic E-state index is 0.143. The highest BCUT2D eigenvalue weighted by Gasteiger charge is 2.12. The zero-order valence-corrected chi connectivity index (χ0v) is 10.5. The second-order valence-electron chi connectivity index (χ2n) is 4.64. The molecule has 1 rings (SSSR count). The van der Waals surface area contributed by atoms with E-state index in [0.29, 0.717) is 12.0 Å². The molecule has 0 radical (unpaired) electrons. The van der Waals surface area contributed by atoms with E-state index in [1.165, 1.54) is 6.07 Å². The highest BCUT2D eigenvalue weighted by molar-refractivity contribution is 5.17. The molecule has 0 aliphatic heterocycles. The standard InChI is InChI=1S/C14H22FN/c1-4-8-16-14(11(2)3)10-12-6-5-7-13(15)9-12/h5-7,9,11,14,16H,4,8,10H2,1-3H3. The molecule has 0 aliphatic carbocycles. The Kier molecular flexibility index (Phi) is 5.47. The van der Waals surface area contributed by atoms with E-state index in [4.69, 9.17) is 0 Å². The average Bonchev–Trinajstić information content (AvgIpc) is 2.24. The van der Waals surface area contributed by atoms with Gasteiger partial charge in [0, 0.05) is 6.04 Å². The van der Waals surface area contributed by atoms with Gasteiger partial charge in [-0.3, -0.25) is 0 Å². The van der Waals surface area contributed by atoms with Crippen LogP contribution in [0.5, 0.6) is 0 Å². The number of benzene rings is 1. The van der Waals surface area contributed by atoms with Crippen LogP contribution in [0.3, 0.4) is 0 Å². The molecule has 0 aliphatic rings. The molecule has 1 unspecified atom stereocenters. The molecule has 16 heavy (non-hydrogen) atoms. The lowest BCUT2D eigenvalue weighted by Gasteiger charge is -2.22. The van der Waals surface area contributed by atoms with Crippen molar-refractivity contribution in [3.63, 3.8) is 0 Å². The zero-order valence-electron chi connectivity index (χ0n) is 10.5. The molecule has 0 heterocycles. The Morgan fingerprint density at radius 2 is 2.06 bits per heavy atom. The molecule has 1 aromatic carbocycles. The second-order valence-corrected chi connectivity index (χ2v) is 4.64. The molecule has 0 saturated carbocycles. The molecule has 1 atom stereocenters. The molecule has 0 aromatic heterocycles. The Bertz CT molecular complexity index is 309. The van der Waals surface area contributed by atoms with Gasteiger partial charge in [0.25, 0.3) is 0 Å². The summed E-state index contributed by atoms with van der Waals surface area (Å²) in [5, 5.41) is 3.51. The summed E-state index contributed by atoms with van der Waals surface area (Å²) >= 11 is 0. The van der Waals surface area contributed by atoms with Crippen LogP contribution in [-0.2, 0) is 6.42 Å². The molecule has 0 fully saturated rings. The largest absolute Gasteiger partial charge is 0.313 e. The summed E-state index contributed by atoms with van der Waals surface area (Å²) < 4.78 is 13.1. The second kappa shape index (κ2) is 6.64. The molecule has 1 N–H and O–H groups in total. The molecule has 0 saturated heterocycles. The quantitative estimate of drug-likeness (QED) is 0.779. The van der Waals surface area contributed by atoms with Gasteiger partial charge in [-0.2, -0.15) is 0 Å². The minimum Gasteiger partial charge on any atom is -0.313 e. The van der Waals surface area contributed by atoms with Crippen LogP contribution in [0.4, 0.5) is 4.39 Å². The first kappa shape index (κ1) is 13.2. The molecular formula is C14H22FN. The van der Waals surface area contributed by atoms with Crippen LogP contribution in [0.1, 0.15) is 32.8 Å². The molecule has 90 valence electrons. The highest BCUT2D eigenvalue weighted by Crippen LogP contribution is 2.11.